The molecule has 1 aliphatic rings. The Bertz CT molecular complexity index is 1040. The first-order valence-electron chi connectivity index (χ1n) is 9.30. The molecule has 0 N–H and O–H groups in total. The average molecular weight is 440 g/mol. The van der Waals surface area contributed by atoms with Crippen LogP contribution in [-0.4, -0.2) is 29.3 Å². The smallest absolute Gasteiger partial charge is 0.258 e. The number of hydrogen-bond acceptors (Lipinski definition) is 3. The van der Waals surface area contributed by atoms with Crippen LogP contribution in [0.15, 0.2) is 46.9 Å². The first kappa shape index (κ1) is 18.7. The van der Waals surface area contributed by atoms with Crippen molar-refractivity contribution in [2.45, 2.75) is 26.7 Å². The maximum Gasteiger partial charge on any atom is 0.258 e. The van der Waals surface area contributed by atoms with Gasteiger partial charge in [0.2, 0.25) is 0 Å². The van der Waals surface area contributed by atoms with Gasteiger partial charge in [-0.05, 0) is 90.6 Å². The Labute approximate surface area is 173 Å². The number of hydrogen-bond donors (Lipinski definition) is 0. The Morgan fingerprint density at radius 1 is 1.14 bits per heavy atom. The summed E-state index contributed by atoms with van der Waals surface area (Å²) in [6, 6.07) is 13.6. The monoisotopic (exact) mass is 439 g/mol. The second kappa shape index (κ2) is 7.43. The predicted octanol–water partition coefficient (Wildman–Crippen LogP) is 4.85. The molecule has 2 aromatic carbocycles. The lowest BCUT2D eigenvalue weighted by Gasteiger charge is -2.30. The highest BCUT2D eigenvalue weighted by Gasteiger charge is 2.24. The van der Waals surface area contributed by atoms with E-state index >= 15 is 0 Å². The van der Waals surface area contributed by atoms with Crippen LogP contribution in [0, 0.1) is 13.8 Å². The van der Waals surface area contributed by atoms with Gasteiger partial charge in [-0.2, -0.15) is 5.10 Å². The van der Waals surface area contributed by atoms with E-state index in [1.807, 2.05) is 65.9 Å². The van der Waals surface area contributed by atoms with Gasteiger partial charge in [-0.3, -0.25) is 4.79 Å². The quantitative estimate of drug-likeness (QED) is 0.585. The van der Waals surface area contributed by atoms with Crippen molar-refractivity contribution in [2.24, 2.45) is 0 Å². The number of aromatic nitrogens is 2. The summed E-state index contributed by atoms with van der Waals surface area (Å²) in [6.45, 7) is 4.71. The van der Waals surface area contributed by atoms with E-state index < -0.39 is 0 Å². The van der Waals surface area contributed by atoms with Crippen LogP contribution in [0.4, 0.5) is 5.69 Å². The molecule has 0 atom stereocenters. The molecule has 3 aromatic rings. The van der Waals surface area contributed by atoms with Gasteiger partial charge in [0.1, 0.15) is 5.75 Å². The molecule has 0 fully saturated rings. The number of ether oxygens (including phenoxy) is 1. The molecule has 144 valence electrons. The van der Waals surface area contributed by atoms with Crippen LogP contribution in [0.3, 0.4) is 0 Å². The minimum Gasteiger partial charge on any atom is -0.497 e. The van der Waals surface area contributed by atoms with Gasteiger partial charge in [0.15, 0.2) is 0 Å². The molecule has 0 bridgehead atoms. The Balaban J connectivity index is 1.62. The molecule has 0 aliphatic carbocycles. The molecular formula is C22H22BrN3O2. The summed E-state index contributed by atoms with van der Waals surface area (Å²) in [7, 11) is 1.66. The molecule has 28 heavy (non-hydrogen) atoms. The minimum absolute atomic E-state index is 0.0206. The van der Waals surface area contributed by atoms with Crippen molar-refractivity contribution in [3.05, 3.63) is 69.5 Å². The van der Waals surface area contributed by atoms with E-state index in [1.165, 1.54) is 0 Å². The number of halogens is 1. The van der Waals surface area contributed by atoms with Crippen LogP contribution in [-0.2, 0) is 6.42 Å². The number of carbonyl (C=O) groups is 1. The molecule has 0 saturated heterocycles. The third kappa shape index (κ3) is 3.22. The SMILES string of the molecule is COc1ccc2c(c1)CCCN2C(=O)c1ccc(-n2nc(C)c(Br)c2C)cc1. The van der Waals surface area contributed by atoms with Crippen molar-refractivity contribution >= 4 is 27.5 Å². The number of methoxy groups -OCH3 is 1. The lowest BCUT2D eigenvalue weighted by molar-refractivity contribution is 0.0985. The number of nitrogens with zero attached hydrogens (tertiary/aromatic N) is 3. The predicted molar refractivity (Wildman–Crippen MR) is 114 cm³/mol. The molecule has 6 heteroatoms. The van der Waals surface area contributed by atoms with E-state index in [-0.39, 0.29) is 5.91 Å². The number of anilines is 1. The van der Waals surface area contributed by atoms with Gasteiger partial charge in [-0.15, -0.1) is 0 Å². The second-order valence-corrected chi connectivity index (χ2v) is 7.79. The molecule has 1 aromatic heterocycles. The maximum absolute atomic E-state index is 13.2. The average Bonchev–Trinajstić information content (AvgIpc) is 2.99. The van der Waals surface area contributed by atoms with Crippen LogP contribution < -0.4 is 9.64 Å². The Morgan fingerprint density at radius 3 is 2.54 bits per heavy atom. The van der Waals surface area contributed by atoms with Gasteiger partial charge in [-0.25, -0.2) is 4.68 Å². The lowest BCUT2D eigenvalue weighted by atomic mass is 10.0. The molecule has 1 aliphatic heterocycles. The Hall–Kier alpha value is -2.60. The van der Waals surface area contributed by atoms with E-state index in [0.29, 0.717) is 5.56 Å². The van der Waals surface area contributed by atoms with Gasteiger partial charge in [-0.1, -0.05) is 0 Å². The van der Waals surface area contributed by atoms with Crippen molar-refractivity contribution < 1.29 is 9.53 Å². The van der Waals surface area contributed by atoms with Crippen LogP contribution in [0.1, 0.15) is 33.7 Å². The Morgan fingerprint density at radius 2 is 1.89 bits per heavy atom. The van der Waals surface area contributed by atoms with Crippen LogP contribution in [0.25, 0.3) is 5.69 Å². The molecule has 0 saturated carbocycles. The molecule has 0 radical (unpaired) electrons. The van der Waals surface area contributed by atoms with E-state index in [9.17, 15) is 4.79 Å². The zero-order valence-electron chi connectivity index (χ0n) is 16.2. The van der Waals surface area contributed by atoms with Crippen LogP contribution >= 0.6 is 15.9 Å². The van der Waals surface area contributed by atoms with Gasteiger partial charge in [0.05, 0.1) is 28.7 Å². The zero-order chi connectivity index (χ0) is 19.8. The van der Waals surface area contributed by atoms with E-state index in [2.05, 4.69) is 21.0 Å². The van der Waals surface area contributed by atoms with Crippen molar-refractivity contribution in [2.75, 3.05) is 18.6 Å². The van der Waals surface area contributed by atoms with Gasteiger partial charge >= 0.3 is 0 Å². The van der Waals surface area contributed by atoms with Crippen molar-refractivity contribution in [1.82, 2.24) is 9.78 Å². The summed E-state index contributed by atoms with van der Waals surface area (Å²) in [5, 5.41) is 4.55. The number of rotatable bonds is 3. The number of aryl methyl sites for hydroxylation is 2. The summed E-state index contributed by atoms with van der Waals surface area (Å²) in [6.07, 6.45) is 1.91. The molecule has 5 nitrogen and oxygen atoms in total. The van der Waals surface area contributed by atoms with E-state index in [1.54, 1.807) is 7.11 Å². The summed E-state index contributed by atoms with van der Waals surface area (Å²) in [5.41, 5.74) is 5.72. The number of benzene rings is 2. The number of fused-ring (bicyclic) bond motifs is 1. The second-order valence-electron chi connectivity index (χ2n) is 7.00. The standard InChI is InChI=1S/C22H22BrN3O2/c1-14-21(23)15(2)26(24-14)18-8-6-16(7-9-18)22(27)25-12-4-5-17-13-19(28-3)10-11-20(17)25/h6-11,13H,4-5,12H2,1-3H3. The highest BCUT2D eigenvalue weighted by Crippen LogP contribution is 2.31. The topological polar surface area (TPSA) is 47.4 Å². The lowest BCUT2D eigenvalue weighted by Crippen LogP contribution is -2.35. The number of carbonyl (C=O) groups excluding carboxylic acids is 1. The Kier molecular flexibility index (Phi) is 4.98. The molecule has 0 unspecified atom stereocenters. The number of amides is 1. The van der Waals surface area contributed by atoms with Crippen molar-refractivity contribution in [3.63, 3.8) is 0 Å². The van der Waals surface area contributed by atoms with Crippen LogP contribution in [0.5, 0.6) is 5.75 Å². The summed E-state index contributed by atoms with van der Waals surface area (Å²) in [5.74, 6) is 0.848. The fourth-order valence-electron chi connectivity index (χ4n) is 3.69. The first-order valence-corrected chi connectivity index (χ1v) is 10.1. The molecular weight excluding hydrogens is 418 g/mol. The molecule has 1 amide bonds. The van der Waals surface area contributed by atoms with Gasteiger partial charge in [0.25, 0.3) is 5.91 Å². The third-order valence-electron chi connectivity index (χ3n) is 5.21. The first-order chi connectivity index (χ1) is 13.5. The normalized spacial score (nSPS) is 13.4. The van der Waals surface area contributed by atoms with Crippen LogP contribution in [0.2, 0.25) is 0 Å². The minimum atomic E-state index is 0.0206. The molecule has 4 rings (SSSR count). The van der Waals surface area contributed by atoms with Crippen molar-refractivity contribution in [1.29, 1.82) is 0 Å². The summed E-state index contributed by atoms with van der Waals surface area (Å²) < 4.78 is 8.21. The van der Waals surface area contributed by atoms with E-state index in [0.717, 1.165) is 57.9 Å². The third-order valence-corrected chi connectivity index (χ3v) is 6.36. The fraction of sp³-hybridized carbons (Fsp3) is 0.273. The fourth-order valence-corrected chi connectivity index (χ4v) is 3.93. The maximum atomic E-state index is 13.2. The summed E-state index contributed by atoms with van der Waals surface area (Å²) in [4.78, 5) is 15.0. The van der Waals surface area contributed by atoms with Gasteiger partial charge in [0, 0.05) is 17.8 Å². The van der Waals surface area contributed by atoms with E-state index in [4.69, 9.17) is 4.74 Å². The molecule has 2 heterocycles. The van der Waals surface area contributed by atoms with Gasteiger partial charge < -0.3 is 9.64 Å². The molecule has 0 spiro atoms. The highest BCUT2D eigenvalue weighted by atomic mass is 79.9. The largest absolute Gasteiger partial charge is 0.497 e. The summed E-state index contributed by atoms with van der Waals surface area (Å²) >= 11 is 3.56. The zero-order valence-corrected chi connectivity index (χ0v) is 17.8. The van der Waals surface area contributed by atoms with Crippen molar-refractivity contribution in [3.8, 4) is 11.4 Å². The highest BCUT2D eigenvalue weighted by molar-refractivity contribution is 9.10.